The number of hydrogen-bond donors (Lipinski definition) is 2. The van der Waals surface area contributed by atoms with Gasteiger partial charge in [0, 0.05) is 23.3 Å². The second-order valence-electron chi connectivity index (χ2n) is 7.09. The quantitative estimate of drug-likeness (QED) is 0.581. The first kappa shape index (κ1) is 18.4. The van der Waals surface area contributed by atoms with E-state index in [-0.39, 0.29) is 10.6 Å². The van der Waals surface area contributed by atoms with Gasteiger partial charge in [0.1, 0.15) is 45.0 Å². The van der Waals surface area contributed by atoms with Crippen LogP contribution in [-0.4, -0.2) is 38.2 Å². The van der Waals surface area contributed by atoms with E-state index in [1.54, 1.807) is 29.0 Å². The molecule has 1 heterocycles. The van der Waals surface area contributed by atoms with Gasteiger partial charge in [-0.25, -0.2) is 0 Å². The molecule has 1 aliphatic heterocycles. The molecular formula is C20H27N3O3+2. The summed E-state index contributed by atoms with van der Waals surface area (Å²) in [6, 6.07) is 13.3. The number of benzene rings is 2. The molecule has 0 aliphatic carbocycles. The molecule has 0 atom stereocenters. The molecule has 0 spiro atoms. The van der Waals surface area contributed by atoms with Crippen molar-refractivity contribution in [2.75, 3.05) is 33.3 Å². The lowest BCUT2D eigenvalue weighted by molar-refractivity contribution is -1.02. The summed E-state index contributed by atoms with van der Waals surface area (Å²) >= 11 is 0. The minimum atomic E-state index is -0.349. The van der Waals surface area contributed by atoms with Gasteiger partial charge >= 0.3 is 0 Å². The largest absolute Gasteiger partial charge is 0.496 e. The average molecular weight is 357 g/mol. The summed E-state index contributed by atoms with van der Waals surface area (Å²) in [7, 11) is 1.73. The van der Waals surface area contributed by atoms with Gasteiger partial charge in [0.2, 0.25) is 0 Å². The molecule has 0 saturated carbocycles. The molecule has 0 aromatic heterocycles. The number of nitro groups is 1. The van der Waals surface area contributed by atoms with E-state index in [0.29, 0.717) is 0 Å². The van der Waals surface area contributed by atoms with Crippen molar-refractivity contribution in [2.45, 2.75) is 20.0 Å². The number of ether oxygens (including phenoxy) is 1. The topological polar surface area (TPSA) is 61.2 Å². The van der Waals surface area contributed by atoms with E-state index in [0.717, 1.165) is 50.6 Å². The molecule has 26 heavy (non-hydrogen) atoms. The first-order chi connectivity index (χ1) is 12.5. The zero-order valence-corrected chi connectivity index (χ0v) is 15.5. The Morgan fingerprint density at radius 1 is 1.00 bits per heavy atom. The lowest BCUT2D eigenvalue weighted by Gasteiger charge is -2.30. The van der Waals surface area contributed by atoms with Crippen molar-refractivity contribution in [3.05, 3.63) is 69.3 Å². The molecule has 0 amide bonds. The third-order valence-electron chi connectivity index (χ3n) is 5.14. The number of non-ortho nitro benzene ring substituents is 1. The Morgan fingerprint density at radius 2 is 1.62 bits per heavy atom. The molecule has 3 rings (SSSR count). The molecule has 2 N–H and O–H groups in total. The van der Waals surface area contributed by atoms with Crippen molar-refractivity contribution >= 4 is 5.69 Å². The van der Waals surface area contributed by atoms with E-state index in [1.807, 2.05) is 12.1 Å². The summed E-state index contributed by atoms with van der Waals surface area (Å²) in [5, 5.41) is 10.7. The third-order valence-corrected chi connectivity index (χ3v) is 5.14. The Kier molecular flexibility index (Phi) is 5.85. The average Bonchev–Trinajstić information content (AvgIpc) is 2.64. The van der Waals surface area contributed by atoms with Crippen LogP contribution in [0.1, 0.15) is 16.7 Å². The molecule has 1 saturated heterocycles. The highest BCUT2D eigenvalue weighted by molar-refractivity contribution is 5.36. The summed E-state index contributed by atoms with van der Waals surface area (Å²) in [6.45, 7) is 8.51. The number of nitro benzene ring substituents is 1. The first-order valence-electron chi connectivity index (χ1n) is 9.09. The molecule has 0 radical (unpaired) electrons. The Hall–Kier alpha value is -2.44. The van der Waals surface area contributed by atoms with Crippen LogP contribution in [0.3, 0.4) is 0 Å². The summed E-state index contributed by atoms with van der Waals surface area (Å²) in [6.07, 6.45) is 0. The number of aryl methyl sites for hydroxylation is 1. The van der Waals surface area contributed by atoms with Crippen LogP contribution in [0.4, 0.5) is 5.69 Å². The number of rotatable bonds is 6. The number of methoxy groups -OCH3 is 1. The third kappa shape index (κ3) is 4.59. The number of quaternary nitrogens is 2. The van der Waals surface area contributed by atoms with Gasteiger partial charge in [-0.1, -0.05) is 11.6 Å². The molecule has 6 heteroatoms. The summed E-state index contributed by atoms with van der Waals surface area (Å²) in [5.74, 6) is 0.976. The normalized spacial score (nSPS) is 19.9. The highest BCUT2D eigenvalue weighted by atomic mass is 16.6. The van der Waals surface area contributed by atoms with Gasteiger partial charge in [0.15, 0.2) is 0 Å². The highest BCUT2D eigenvalue weighted by Crippen LogP contribution is 2.18. The molecule has 0 bridgehead atoms. The van der Waals surface area contributed by atoms with E-state index in [1.165, 1.54) is 11.1 Å². The predicted molar refractivity (Wildman–Crippen MR) is 99.6 cm³/mol. The van der Waals surface area contributed by atoms with Gasteiger partial charge in [-0.2, -0.15) is 0 Å². The van der Waals surface area contributed by atoms with E-state index in [2.05, 4.69) is 25.1 Å². The van der Waals surface area contributed by atoms with Crippen molar-refractivity contribution < 1.29 is 19.5 Å². The van der Waals surface area contributed by atoms with Crippen molar-refractivity contribution in [1.82, 2.24) is 0 Å². The van der Waals surface area contributed by atoms with Gasteiger partial charge in [-0.15, -0.1) is 0 Å². The Morgan fingerprint density at radius 3 is 2.19 bits per heavy atom. The minimum absolute atomic E-state index is 0.158. The molecule has 2 aromatic carbocycles. The van der Waals surface area contributed by atoms with Gasteiger partial charge in [0.05, 0.1) is 12.0 Å². The monoisotopic (exact) mass is 357 g/mol. The zero-order chi connectivity index (χ0) is 18.5. The van der Waals surface area contributed by atoms with Crippen LogP contribution in [0, 0.1) is 17.0 Å². The van der Waals surface area contributed by atoms with Crippen LogP contribution in [0.25, 0.3) is 0 Å². The van der Waals surface area contributed by atoms with E-state index in [9.17, 15) is 10.1 Å². The zero-order valence-electron chi connectivity index (χ0n) is 15.5. The fourth-order valence-electron chi connectivity index (χ4n) is 3.65. The van der Waals surface area contributed by atoms with Crippen LogP contribution in [0.15, 0.2) is 42.5 Å². The van der Waals surface area contributed by atoms with Crippen LogP contribution in [-0.2, 0) is 13.1 Å². The van der Waals surface area contributed by atoms with Crippen LogP contribution < -0.4 is 14.5 Å². The Bertz CT molecular complexity index is 753. The molecule has 2 aromatic rings. The van der Waals surface area contributed by atoms with E-state index >= 15 is 0 Å². The second-order valence-corrected chi connectivity index (χ2v) is 7.09. The lowest BCUT2D eigenvalue weighted by atomic mass is 10.1. The second kappa shape index (κ2) is 8.29. The molecule has 1 aliphatic rings. The van der Waals surface area contributed by atoms with Gasteiger partial charge in [0.25, 0.3) is 5.69 Å². The van der Waals surface area contributed by atoms with Gasteiger partial charge in [-0.3, -0.25) is 10.1 Å². The number of nitrogens with zero attached hydrogens (tertiary/aromatic N) is 1. The van der Waals surface area contributed by atoms with Crippen molar-refractivity contribution in [3.8, 4) is 5.75 Å². The van der Waals surface area contributed by atoms with Crippen LogP contribution in [0.5, 0.6) is 5.75 Å². The number of piperazine rings is 1. The van der Waals surface area contributed by atoms with E-state index in [4.69, 9.17) is 4.74 Å². The fourth-order valence-corrected chi connectivity index (χ4v) is 3.65. The molecular weight excluding hydrogens is 330 g/mol. The lowest BCUT2D eigenvalue weighted by Crippen LogP contribution is -3.27. The van der Waals surface area contributed by atoms with Gasteiger partial charge < -0.3 is 14.5 Å². The highest BCUT2D eigenvalue weighted by Gasteiger charge is 2.24. The Balaban J connectivity index is 1.53. The smallest absolute Gasteiger partial charge is 0.269 e. The molecule has 1 fully saturated rings. The van der Waals surface area contributed by atoms with E-state index < -0.39 is 0 Å². The maximum absolute atomic E-state index is 10.7. The summed E-state index contributed by atoms with van der Waals surface area (Å²) in [5.41, 5.74) is 3.86. The van der Waals surface area contributed by atoms with Crippen molar-refractivity contribution in [1.29, 1.82) is 0 Å². The van der Waals surface area contributed by atoms with Gasteiger partial charge in [-0.05, 0) is 31.2 Å². The number of nitrogens with one attached hydrogen (secondary N) is 2. The SMILES string of the molecule is COc1ccc(C)cc1C[NH+]1CC[NH+](Cc2ccc([N+](=O)[O-])cc2)CC1. The fraction of sp³-hybridized carbons (Fsp3) is 0.400. The van der Waals surface area contributed by atoms with Crippen molar-refractivity contribution in [2.24, 2.45) is 0 Å². The maximum Gasteiger partial charge on any atom is 0.269 e. The standard InChI is InChI=1S/C20H25N3O3/c1-16-3-8-20(26-2)18(13-16)15-22-11-9-21(10-12-22)14-17-4-6-19(7-5-17)23(24)25/h3-8,13H,9-12,14-15H2,1-2H3/p+2. The van der Waals surface area contributed by atoms with Crippen LogP contribution in [0.2, 0.25) is 0 Å². The first-order valence-corrected chi connectivity index (χ1v) is 9.09. The summed E-state index contributed by atoms with van der Waals surface area (Å²) in [4.78, 5) is 13.5. The van der Waals surface area contributed by atoms with Crippen molar-refractivity contribution in [3.63, 3.8) is 0 Å². The Labute approximate surface area is 154 Å². The molecule has 6 nitrogen and oxygen atoms in total. The summed E-state index contributed by atoms with van der Waals surface area (Å²) < 4.78 is 5.50. The molecule has 138 valence electrons. The maximum atomic E-state index is 10.7. The van der Waals surface area contributed by atoms with Crippen LogP contribution >= 0.6 is 0 Å². The molecule has 0 unspecified atom stereocenters. The minimum Gasteiger partial charge on any atom is -0.496 e. The predicted octanol–water partition coefficient (Wildman–Crippen LogP) is 0.395. The number of hydrogen-bond acceptors (Lipinski definition) is 3.